The molecule has 7 heteroatoms. The van der Waals surface area contributed by atoms with Gasteiger partial charge >= 0.3 is 0 Å². The van der Waals surface area contributed by atoms with Crippen molar-refractivity contribution in [3.63, 3.8) is 0 Å². The van der Waals surface area contributed by atoms with Crippen LogP contribution in [0.3, 0.4) is 0 Å². The van der Waals surface area contributed by atoms with Gasteiger partial charge in [-0.05, 0) is 51.1 Å². The molecule has 0 saturated heterocycles. The molecule has 1 amide bonds. The van der Waals surface area contributed by atoms with Gasteiger partial charge in [0, 0.05) is 11.4 Å². The van der Waals surface area contributed by atoms with Gasteiger partial charge < -0.3 is 10.3 Å². The lowest BCUT2D eigenvalue weighted by molar-refractivity contribution is -0.122. The Hall–Kier alpha value is -1.73. The van der Waals surface area contributed by atoms with Gasteiger partial charge in [0.2, 0.25) is 5.91 Å². The van der Waals surface area contributed by atoms with Crippen LogP contribution < -0.4 is 10.9 Å². The van der Waals surface area contributed by atoms with Crippen LogP contribution in [0.15, 0.2) is 4.79 Å². The molecule has 0 bridgehead atoms. The zero-order valence-corrected chi connectivity index (χ0v) is 16.8. The minimum atomic E-state index is -0.141. The molecule has 0 aliphatic heterocycles. The third-order valence-corrected chi connectivity index (χ3v) is 6.35. The summed E-state index contributed by atoms with van der Waals surface area (Å²) in [7, 11) is 1.88. The number of hydrogen-bond donors (Lipinski definition) is 2. The summed E-state index contributed by atoms with van der Waals surface area (Å²) in [5.74, 6) is 1.28. The number of carbonyl (C=O) groups is 1. The van der Waals surface area contributed by atoms with Crippen molar-refractivity contribution in [1.82, 2.24) is 20.2 Å². The molecule has 0 unspecified atom stereocenters. The summed E-state index contributed by atoms with van der Waals surface area (Å²) < 4.78 is 0. The van der Waals surface area contributed by atoms with Crippen molar-refractivity contribution in [2.45, 2.75) is 52.5 Å². The highest BCUT2D eigenvalue weighted by molar-refractivity contribution is 7.18. The quantitative estimate of drug-likeness (QED) is 0.812. The molecule has 2 aromatic heterocycles. The number of aromatic amines is 1. The number of likely N-dealkylation sites (N-methyl/N-ethyl adjacent to an activating group) is 1. The molecule has 6 nitrogen and oxygen atoms in total. The van der Waals surface area contributed by atoms with Gasteiger partial charge in [0.05, 0.1) is 18.0 Å². The molecular formula is C19H28N4O2S. The second-order valence-corrected chi connectivity index (χ2v) is 8.51. The Morgan fingerprint density at radius 3 is 3.00 bits per heavy atom. The lowest BCUT2D eigenvalue weighted by Gasteiger charge is -2.23. The molecule has 0 saturated carbocycles. The van der Waals surface area contributed by atoms with Gasteiger partial charge in [-0.1, -0.05) is 13.8 Å². The van der Waals surface area contributed by atoms with Crippen LogP contribution in [0.2, 0.25) is 0 Å². The maximum Gasteiger partial charge on any atom is 0.259 e. The highest BCUT2D eigenvalue weighted by atomic mass is 32.1. The first-order valence-corrected chi connectivity index (χ1v) is 10.2. The van der Waals surface area contributed by atoms with Crippen LogP contribution in [-0.4, -0.2) is 40.9 Å². The van der Waals surface area contributed by atoms with Gasteiger partial charge in [-0.2, -0.15) is 0 Å². The minimum absolute atomic E-state index is 0.00907. The molecule has 142 valence electrons. The number of thiophene rings is 1. The first-order valence-electron chi connectivity index (χ1n) is 9.42. The fourth-order valence-electron chi connectivity index (χ4n) is 3.46. The summed E-state index contributed by atoms with van der Waals surface area (Å²) in [4.78, 5) is 36.4. The Bertz CT molecular complexity index is 857. The number of aromatic nitrogens is 2. The number of carbonyl (C=O) groups excluding carboxylic acids is 1. The largest absolute Gasteiger partial charge is 0.355 e. The summed E-state index contributed by atoms with van der Waals surface area (Å²) in [6.45, 7) is 7.21. The highest BCUT2D eigenvalue weighted by Crippen LogP contribution is 2.35. The van der Waals surface area contributed by atoms with Crippen molar-refractivity contribution in [1.29, 1.82) is 0 Å². The Morgan fingerprint density at radius 1 is 1.50 bits per heavy atom. The van der Waals surface area contributed by atoms with Gasteiger partial charge in [0.15, 0.2) is 0 Å². The van der Waals surface area contributed by atoms with Crippen LogP contribution in [0.25, 0.3) is 10.2 Å². The van der Waals surface area contributed by atoms with Crippen molar-refractivity contribution in [2.75, 3.05) is 20.1 Å². The van der Waals surface area contributed by atoms with Crippen LogP contribution in [0.4, 0.5) is 0 Å². The van der Waals surface area contributed by atoms with Crippen molar-refractivity contribution < 1.29 is 4.79 Å². The van der Waals surface area contributed by atoms with E-state index in [1.165, 1.54) is 10.4 Å². The molecule has 2 aromatic rings. The third kappa shape index (κ3) is 3.83. The normalized spacial score (nSPS) is 18.1. The second kappa shape index (κ2) is 7.88. The van der Waals surface area contributed by atoms with Gasteiger partial charge in [0.1, 0.15) is 10.7 Å². The van der Waals surface area contributed by atoms with E-state index in [4.69, 9.17) is 4.98 Å². The Morgan fingerprint density at radius 2 is 2.27 bits per heavy atom. The van der Waals surface area contributed by atoms with Crippen LogP contribution in [0.1, 0.15) is 55.9 Å². The zero-order chi connectivity index (χ0) is 18.8. The van der Waals surface area contributed by atoms with Crippen molar-refractivity contribution in [3.8, 4) is 0 Å². The van der Waals surface area contributed by atoms with E-state index in [0.29, 0.717) is 18.3 Å². The molecule has 0 aromatic carbocycles. The Balaban J connectivity index is 1.84. The van der Waals surface area contributed by atoms with Crippen molar-refractivity contribution in [3.05, 3.63) is 26.6 Å². The molecule has 0 spiro atoms. The maximum atomic E-state index is 12.7. The zero-order valence-electron chi connectivity index (χ0n) is 16.0. The second-order valence-electron chi connectivity index (χ2n) is 7.42. The van der Waals surface area contributed by atoms with E-state index in [-0.39, 0.29) is 24.1 Å². The van der Waals surface area contributed by atoms with Gasteiger partial charge in [-0.3, -0.25) is 14.5 Å². The molecule has 1 aliphatic rings. The average Bonchev–Trinajstić information content (AvgIpc) is 2.96. The Labute approximate surface area is 158 Å². The monoisotopic (exact) mass is 376 g/mol. The molecule has 1 aliphatic carbocycles. The standard InChI is InChI=1S/C19H28N4O2S/c1-5-8-20-15(24)10-23(4)12(3)17-21-18(25)16-13-7-6-11(2)9-14(13)26-19(16)22-17/h11-12H,5-10H2,1-4H3,(H,20,24)(H,21,22,25)/t11-,12-/m1/s1. The predicted molar refractivity (Wildman–Crippen MR) is 106 cm³/mol. The van der Waals surface area contributed by atoms with E-state index < -0.39 is 0 Å². The van der Waals surface area contributed by atoms with Crippen molar-refractivity contribution in [2.24, 2.45) is 5.92 Å². The highest BCUT2D eigenvalue weighted by Gasteiger charge is 2.24. The number of nitrogens with one attached hydrogen (secondary N) is 2. The van der Waals surface area contributed by atoms with E-state index in [1.54, 1.807) is 11.3 Å². The summed E-state index contributed by atoms with van der Waals surface area (Å²) in [5, 5.41) is 3.65. The van der Waals surface area contributed by atoms with E-state index >= 15 is 0 Å². The SMILES string of the molecule is CCCNC(=O)CN(C)[C@H](C)c1nc2sc3c(c2c(=O)[nH]1)CC[C@@H](C)C3. The van der Waals surface area contributed by atoms with Gasteiger partial charge in [-0.15, -0.1) is 11.3 Å². The topological polar surface area (TPSA) is 78.1 Å². The third-order valence-electron chi connectivity index (χ3n) is 5.21. The fourth-order valence-corrected chi connectivity index (χ4v) is 4.85. The number of amides is 1. The number of rotatable bonds is 6. The first kappa shape index (κ1) is 19.0. The molecule has 3 rings (SSSR count). The lowest BCUT2D eigenvalue weighted by atomic mass is 9.89. The summed E-state index contributed by atoms with van der Waals surface area (Å²) in [5.41, 5.74) is 1.15. The molecule has 0 fully saturated rings. The van der Waals surface area contributed by atoms with Crippen molar-refractivity contribution >= 4 is 27.5 Å². The summed E-state index contributed by atoms with van der Waals surface area (Å²) in [6.07, 6.45) is 4.05. The molecule has 2 N–H and O–H groups in total. The van der Waals surface area contributed by atoms with Gasteiger partial charge in [0.25, 0.3) is 5.56 Å². The number of aryl methyl sites for hydroxylation is 1. The van der Waals surface area contributed by atoms with Crippen LogP contribution in [0.5, 0.6) is 0 Å². The van der Waals surface area contributed by atoms with Crippen LogP contribution >= 0.6 is 11.3 Å². The Kier molecular flexibility index (Phi) is 5.77. The first-order chi connectivity index (χ1) is 12.4. The minimum Gasteiger partial charge on any atom is -0.355 e. The maximum absolute atomic E-state index is 12.7. The van der Waals surface area contributed by atoms with E-state index in [9.17, 15) is 9.59 Å². The van der Waals surface area contributed by atoms with E-state index in [0.717, 1.165) is 35.9 Å². The number of fused-ring (bicyclic) bond motifs is 3. The number of hydrogen-bond acceptors (Lipinski definition) is 5. The van der Waals surface area contributed by atoms with Crippen LogP contribution in [-0.2, 0) is 17.6 Å². The van der Waals surface area contributed by atoms with Gasteiger partial charge in [-0.25, -0.2) is 4.98 Å². The molecular weight excluding hydrogens is 348 g/mol. The molecule has 2 atom stereocenters. The summed E-state index contributed by atoms with van der Waals surface area (Å²) in [6, 6.07) is -0.141. The molecule has 26 heavy (non-hydrogen) atoms. The molecule has 2 heterocycles. The lowest BCUT2D eigenvalue weighted by Crippen LogP contribution is -2.37. The van der Waals surface area contributed by atoms with E-state index in [1.807, 2.05) is 25.8 Å². The van der Waals surface area contributed by atoms with Crippen LogP contribution in [0, 0.1) is 5.92 Å². The molecule has 0 radical (unpaired) electrons. The number of nitrogens with zero attached hydrogens (tertiary/aromatic N) is 2. The smallest absolute Gasteiger partial charge is 0.259 e. The average molecular weight is 377 g/mol. The van der Waals surface area contributed by atoms with E-state index in [2.05, 4.69) is 17.2 Å². The number of H-pyrrole nitrogens is 1. The predicted octanol–water partition coefficient (Wildman–Crippen LogP) is 2.63. The fraction of sp³-hybridized carbons (Fsp3) is 0.632. The summed E-state index contributed by atoms with van der Waals surface area (Å²) >= 11 is 1.66.